The lowest BCUT2D eigenvalue weighted by Crippen LogP contribution is -1.83. The van der Waals surface area contributed by atoms with Gasteiger partial charge in [-0.25, -0.2) is 0 Å². The van der Waals surface area contributed by atoms with Gasteiger partial charge in [-0.05, 0) is 18.2 Å². The van der Waals surface area contributed by atoms with E-state index in [1.54, 1.807) is 18.2 Å². The summed E-state index contributed by atoms with van der Waals surface area (Å²) in [5.41, 5.74) is 0.889. The third-order valence-corrected chi connectivity index (χ3v) is 1.91. The van der Waals surface area contributed by atoms with E-state index in [9.17, 15) is 0 Å². The summed E-state index contributed by atoms with van der Waals surface area (Å²) in [5, 5.41) is 9.41. The molecule has 0 saturated heterocycles. The molecular formula is C7H8ClNOS. The SMILES string of the molecule is CSNc1ccc(O)c(Cl)c1. The molecule has 0 unspecified atom stereocenters. The summed E-state index contributed by atoms with van der Waals surface area (Å²) in [6, 6.07) is 4.99. The lowest BCUT2D eigenvalue weighted by molar-refractivity contribution is 0.475. The van der Waals surface area contributed by atoms with Gasteiger partial charge in [0.25, 0.3) is 0 Å². The van der Waals surface area contributed by atoms with Crippen LogP contribution in [0.1, 0.15) is 0 Å². The van der Waals surface area contributed by atoms with Crippen molar-refractivity contribution in [2.75, 3.05) is 11.0 Å². The van der Waals surface area contributed by atoms with E-state index in [1.807, 2.05) is 6.26 Å². The molecule has 0 aliphatic heterocycles. The first kappa shape index (κ1) is 8.56. The van der Waals surface area contributed by atoms with Crippen molar-refractivity contribution >= 4 is 29.2 Å². The van der Waals surface area contributed by atoms with Crippen molar-refractivity contribution in [3.63, 3.8) is 0 Å². The molecule has 0 fully saturated rings. The van der Waals surface area contributed by atoms with Crippen LogP contribution in [0.5, 0.6) is 5.75 Å². The van der Waals surface area contributed by atoms with Gasteiger partial charge in [-0.1, -0.05) is 23.5 Å². The molecule has 0 atom stereocenters. The van der Waals surface area contributed by atoms with Gasteiger partial charge in [-0.3, -0.25) is 0 Å². The topological polar surface area (TPSA) is 32.3 Å². The van der Waals surface area contributed by atoms with Gasteiger partial charge in [0.05, 0.1) is 5.02 Å². The molecule has 0 spiro atoms. The van der Waals surface area contributed by atoms with E-state index in [4.69, 9.17) is 16.7 Å². The number of hydrogen-bond donors (Lipinski definition) is 2. The molecule has 4 heteroatoms. The second-order valence-electron chi connectivity index (χ2n) is 1.97. The highest BCUT2D eigenvalue weighted by Gasteiger charge is 1.97. The first-order chi connectivity index (χ1) is 5.24. The molecule has 1 aromatic carbocycles. The molecular weight excluding hydrogens is 182 g/mol. The fraction of sp³-hybridized carbons (Fsp3) is 0.143. The molecule has 2 N–H and O–H groups in total. The maximum Gasteiger partial charge on any atom is 0.134 e. The average Bonchev–Trinajstić information content (AvgIpc) is 1.98. The normalized spacial score (nSPS) is 9.64. The molecule has 2 nitrogen and oxygen atoms in total. The first-order valence-electron chi connectivity index (χ1n) is 3.01. The summed E-state index contributed by atoms with van der Waals surface area (Å²) in [4.78, 5) is 0. The van der Waals surface area contributed by atoms with Crippen molar-refractivity contribution in [2.24, 2.45) is 0 Å². The zero-order valence-electron chi connectivity index (χ0n) is 5.97. The van der Waals surface area contributed by atoms with E-state index in [1.165, 1.54) is 11.9 Å². The molecule has 0 bridgehead atoms. The highest BCUT2D eigenvalue weighted by molar-refractivity contribution is 7.99. The molecule has 0 saturated carbocycles. The van der Waals surface area contributed by atoms with E-state index in [2.05, 4.69) is 4.72 Å². The second-order valence-corrected chi connectivity index (χ2v) is 2.99. The molecule has 0 aromatic heterocycles. The minimum atomic E-state index is 0.110. The van der Waals surface area contributed by atoms with Crippen LogP contribution in [-0.2, 0) is 0 Å². The molecule has 0 aliphatic rings. The predicted molar refractivity (Wildman–Crippen MR) is 50.3 cm³/mol. The Morgan fingerprint density at radius 2 is 2.27 bits per heavy atom. The Kier molecular flexibility index (Phi) is 2.91. The molecule has 0 radical (unpaired) electrons. The van der Waals surface area contributed by atoms with Crippen LogP contribution in [0, 0.1) is 0 Å². The molecule has 11 heavy (non-hydrogen) atoms. The van der Waals surface area contributed by atoms with Crippen LogP contribution in [-0.4, -0.2) is 11.4 Å². The highest BCUT2D eigenvalue weighted by Crippen LogP contribution is 2.26. The Hall–Kier alpha value is -0.540. The third-order valence-electron chi connectivity index (χ3n) is 1.17. The summed E-state index contributed by atoms with van der Waals surface area (Å²) in [6.07, 6.45) is 1.92. The predicted octanol–water partition coefficient (Wildman–Crippen LogP) is 2.74. The van der Waals surface area contributed by atoms with E-state index in [0.717, 1.165) is 5.69 Å². The lowest BCUT2D eigenvalue weighted by Gasteiger charge is -2.02. The number of halogens is 1. The molecule has 0 aliphatic carbocycles. The van der Waals surface area contributed by atoms with Crippen molar-refractivity contribution in [3.05, 3.63) is 23.2 Å². The summed E-state index contributed by atoms with van der Waals surface area (Å²) in [6.45, 7) is 0. The van der Waals surface area contributed by atoms with Crippen molar-refractivity contribution < 1.29 is 5.11 Å². The summed E-state index contributed by atoms with van der Waals surface area (Å²) in [7, 11) is 0. The maximum atomic E-state index is 9.05. The van der Waals surface area contributed by atoms with Crippen molar-refractivity contribution in [1.29, 1.82) is 0 Å². The average molecular weight is 190 g/mol. The van der Waals surface area contributed by atoms with Gasteiger partial charge in [0.15, 0.2) is 0 Å². The van der Waals surface area contributed by atoms with Crippen molar-refractivity contribution in [2.45, 2.75) is 0 Å². The minimum absolute atomic E-state index is 0.110. The minimum Gasteiger partial charge on any atom is -0.506 e. The Labute approximate surface area is 74.7 Å². The number of aromatic hydroxyl groups is 1. The fourth-order valence-corrected chi connectivity index (χ4v) is 1.23. The largest absolute Gasteiger partial charge is 0.506 e. The quantitative estimate of drug-likeness (QED) is 0.554. The van der Waals surface area contributed by atoms with Crippen LogP contribution in [0.3, 0.4) is 0 Å². The van der Waals surface area contributed by atoms with Crippen LogP contribution < -0.4 is 4.72 Å². The van der Waals surface area contributed by atoms with Gasteiger partial charge >= 0.3 is 0 Å². The number of rotatable bonds is 2. The zero-order chi connectivity index (χ0) is 8.27. The lowest BCUT2D eigenvalue weighted by atomic mass is 10.3. The second kappa shape index (κ2) is 3.74. The first-order valence-corrected chi connectivity index (χ1v) is 4.62. The number of phenols is 1. The Bertz CT molecular complexity index is 254. The van der Waals surface area contributed by atoms with E-state index >= 15 is 0 Å². The molecule has 1 rings (SSSR count). The Balaban J connectivity index is 2.86. The standard InChI is InChI=1S/C7H8ClNOS/c1-11-9-5-2-3-7(10)6(8)4-5/h2-4,9-10H,1H3. The summed E-state index contributed by atoms with van der Waals surface area (Å²) < 4.78 is 3.00. The summed E-state index contributed by atoms with van der Waals surface area (Å²) >= 11 is 7.13. The smallest absolute Gasteiger partial charge is 0.134 e. The number of hydrogen-bond acceptors (Lipinski definition) is 3. The van der Waals surface area contributed by atoms with Crippen LogP contribution in [0.4, 0.5) is 5.69 Å². The van der Waals surface area contributed by atoms with Crippen molar-refractivity contribution in [3.8, 4) is 5.75 Å². The third kappa shape index (κ3) is 2.20. The Morgan fingerprint density at radius 1 is 1.55 bits per heavy atom. The van der Waals surface area contributed by atoms with Gasteiger partial charge in [0, 0.05) is 11.9 Å². The van der Waals surface area contributed by atoms with Gasteiger partial charge in [0.1, 0.15) is 5.75 Å². The molecule has 1 aromatic rings. The fourth-order valence-electron chi connectivity index (χ4n) is 0.688. The van der Waals surface area contributed by atoms with E-state index in [-0.39, 0.29) is 5.75 Å². The van der Waals surface area contributed by atoms with Gasteiger partial charge < -0.3 is 9.83 Å². The molecule has 60 valence electrons. The number of anilines is 1. The van der Waals surface area contributed by atoms with Crippen LogP contribution in [0.15, 0.2) is 18.2 Å². The van der Waals surface area contributed by atoms with Gasteiger partial charge in [0.2, 0.25) is 0 Å². The number of benzene rings is 1. The van der Waals surface area contributed by atoms with Crippen LogP contribution in [0.2, 0.25) is 5.02 Å². The monoisotopic (exact) mass is 189 g/mol. The van der Waals surface area contributed by atoms with Gasteiger partial charge in [-0.2, -0.15) is 0 Å². The van der Waals surface area contributed by atoms with Gasteiger partial charge in [-0.15, -0.1) is 0 Å². The zero-order valence-corrected chi connectivity index (χ0v) is 7.54. The van der Waals surface area contributed by atoms with Crippen molar-refractivity contribution in [1.82, 2.24) is 0 Å². The van der Waals surface area contributed by atoms with Crippen LogP contribution in [0.25, 0.3) is 0 Å². The molecule has 0 heterocycles. The maximum absolute atomic E-state index is 9.05. The van der Waals surface area contributed by atoms with E-state index in [0.29, 0.717) is 5.02 Å². The highest BCUT2D eigenvalue weighted by atomic mass is 35.5. The Morgan fingerprint density at radius 3 is 2.82 bits per heavy atom. The number of nitrogens with one attached hydrogen (secondary N) is 1. The van der Waals surface area contributed by atoms with E-state index < -0.39 is 0 Å². The number of phenolic OH excluding ortho intramolecular Hbond substituents is 1. The molecule has 0 amide bonds. The van der Waals surface area contributed by atoms with Crippen LogP contribution >= 0.6 is 23.5 Å². The summed E-state index contributed by atoms with van der Waals surface area (Å²) in [5.74, 6) is 0.110.